The number of imidazole rings is 1. The third-order valence-electron chi connectivity index (χ3n) is 2.97. The Kier molecular flexibility index (Phi) is 2.11. The van der Waals surface area contributed by atoms with Gasteiger partial charge in [-0.1, -0.05) is 0 Å². The molecule has 3 heterocycles. The molecule has 1 atom stereocenters. The van der Waals surface area contributed by atoms with Crippen molar-refractivity contribution in [2.75, 3.05) is 0 Å². The predicted molar refractivity (Wildman–Crippen MR) is 58.9 cm³/mol. The fourth-order valence-electron chi connectivity index (χ4n) is 2.15. The van der Waals surface area contributed by atoms with Crippen molar-refractivity contribution in [2.45, 2.75) is 32.4 Å². The first-order chi connectivity index (χ1) is 7.74. The maximum atomic E-state index is 9.81. The van der Waals surface area contributed by atoms with Gasteiger partial charge in [0.25, 0.3) is 0 Å². The Labute approximate surface area is 93.5 Å². The van der Waals surface area contributed by atoms with E-state index in [-0.39, 0.29) is 0 Å². The molecule has 84 valence electrons. The number of aliphatic hydroxyl groups excluding tert-OH is 1. The summed E-state index contributed by atoms with van der Waals surface area (Å²) in [7, 11) is 0. The molecule has 0 aromatic carbocycles. The van der Waals surface area contributed by atoms with E-state index >= 15 is 0 Å². The molecule has 0 saturated heterocycles. The van der Waals surface area contributed by atoms with Crippen LogP contribution in [0.3, 0.4) is 0 Å². The zero-order chi connectivity index (χ0) is 11.1. The minimum absolute atomic E-state index is 0.432. The lowest BCUT2D eigenvalue weighted by atomic mass is 10.1. The van der Waals surface area contributed by atoms with Crippen LogP contribution in [0.5, 0.6) is 0 Å². The van der Waals surface area contributed by atoms with E-state index in [1.165, 1.54) is 0 Å². The molecule has 3 rings (SSSR count). The number of fused-ring (bicyclic) bond motifs is 1. The first-order valence-corrected chi connectivity index (χ1v) is 5.56. The van der Waals surface area contributed by atoms with Crippen LogP contribution in [0.15, 0.2) is 22.7 Å². The Bertz CT molecular complexity index is 513. The molecule has 1 N–H and O–H groups in total. The van der Waals surface area contributed by atoms with E-state index < -0.39 is 6.10 Å². The summed E-state index contributed by atoms with van der Waals surface area (Å²) in [5.74, 6) is 2.41. The van der Waals surface area contributed by atoms with Crippen LogP contribution >= 0.6 is 0 Å². The molecule has 1 aliphatic heterocycles. The van der Waals surface area contributed by atoms with E-state index in [0.29, 0.717) is 0 Å². The Morgan fingerprint density at radius 2 is 2.38 bits per heavy atom. The number of nitrogens with zero attached hydrogens (tertiary/aromatic N) is 2. The van der Waals surface area contributed by atoms with Gasteiger partial charge in [0.15, 0.2) is 5.76 Å². The molecule has 0 amide bonds. The average molecular weight is 218 g/mol. The first kappa shape index (κ1) is 9.66. The quantitative estimate of drug-likeness (QED) is 0.798. The molecule has 0 saturated carbocycles. The second kappa shape index (κ2) is 3.49. The molecular weight excluding hydrogens is 204 g/mol. The fraction of sp³-hybridized carbons (Fsp3) is 0.417. The molecule has 0 fully saturated rings. The monoisotopic (exact) mass is 218 g/mol. The van der Waals surface area contributed by atoms with Crippen LogP contribution in [0.2, 0.25) is 0 Å². The summed E-state index contributed by atoms with van der Waals surface area (Å²) in [6, 6.07) is 3.83. The van der Waals surface area contributed by atoms with Gasteiger partial charge in [0.2, 0.25) is 0 Å². The number of furan rings is 1. The lowest BCUT2D eigenvalue weighted by Gasteiger charge is -2.18. The molecular formula is C12H14N2O2. The maximum absolute atomic E-state index is 9.81. The zero-order valence-corrected chi connectivity index (χ0v) is 9.18. The van der Waals surface area contributed by atoms with Gasteiger partial charge in [-0.25, -0.2) is 4.98 Å². The normalized spacial score (nSPS) is 19.8. The van der Waals surface area contributed by atoms with E-state index in [2.05, 4.69) is 4.98 Å². The number of hydrogen-bond donors (Lipinski definition) is 1. The van der Waals surface area contributed by atoms with E-state index in [9.17, 15) is 5.11 Å². The Hall–Kier alpha value is -1.55. The standard InChI is InChI=1S/C12H14N2O2/c1-8-4-5-11(16-8)9-7-14-6-2-3-10(15)12(14)13-9/h4-5,7,10,15H,2-3,6H2,1H3/t10-/m0/s1. The molecule has 4 nitrogen and oxygen atoms in total. The van der Waals surface area contributed by atoms with Crippen LogP contribution in [0.1, 0.15) is 30.5 Å². The van der Waals surface area contributed by atoms with Gasteiger partial charge < -0.3 is 14.1 Å². The molecule has 0 aliphatic carbocycles. The van der Waals surface area contributed by atoms with Crippen molar-refractivity contribution in [3.63, 3.8) is 0 Å². The molecule has 0 spiro atoms. The highest BCUT2D eigenvalue weighted by molar-refractivity contribution is 5.51. The van der Waals surface area contributed by atoms with Crippen molar-refractivity contribution in [1.29, 1.82) is 0 Å². The van der Waals surface area contributed by atoms with Gasteiger partial charge in [-0.3, -0.25) is 0 Å². The van der Waals surface area contributed by atoms with Crippen molar-refractivity contribution in [3.05, 3.63) is 29.9 Å². The summed E-state index contributed by atoms with van der Waals surface area (Å²) in [6.07, 6.45) is 3.32. The SMILES string of the molecule is Cc1ccc(-c2cn3c(n2)[C@@H](O)CCC3)o1. The molecule has 1 aliphatic rings. The fourth-order valence-corrected chi connectivity index (χ4v) is 2.15. The van der Waals surface area contributed by atoms with Crippen molar-refractivity contribution in [1.82, 2.24) is 9.55 Å². The smallest absolute Gasteiger partial charge is 0.154 e. The summed E-state index contributed by atoms with van der Waals surface area (Å²) in [5, 5.41) is 9.81. The number of aliphatic hydroxyl groups is 1. The van der Waals surface area contributed by atoms with Crippen LogP contribution in [0, 0.1) is 6.92 Å². The van der Waals surface area contributed by atoms with Crippen molar-refractivity contribution in [2.24, 2.45) is 0 Å². The summed E-state index contributed by atoms with van der Waals surface area (Å²) < 4.78 is 7.54. The Morgan fingerprint density at radius 1 is 1.50 bits per heavy atom. The third-order valence-corrected chi connectivity index (χ3v) is 2.97. The number of aromatic nitrogens is 2. The van der Waals surface area contributed by atoms with Gasteiger partial charge in [-0.2, -0.15) is 0 Å². The van der Waals surface area contributed by atoms with Crippen LogP contribution in [0.4, 0.5) is 0 Å². The minimum atomic E-state index is -0.432. The Morgan fingerprint density at radius 3 is 3.06 bits per heavy atom. The highest BCUT2D eigenvalue weighted by Gasteiger charge is 2.21. The maximum Gasteiger partial charge on any atom is 0.154 e. The average Bonchev–Trinajstić information content (AvgIpc) is 2.84. The summed E-state index contributed by atoms with van der Waals surface area (Å²) in [4.78, 5) is 4.43. The number of rotatable bonds is 1. The Balaban J connectivity index is 2.04. The van der Waals surface area contributed by atoms with E-state index in [4.69, 9.17) is 4.42 Å². The van der Waals surface area contributed by atoms with Crippen LogP contribution in [-0.2, 0) is 6.54 Å². The van der Waals surface area contributed by atoms with E-state index in [1.54, 1.807) is 0 Å². The third kappa shape index (κ3) is 1.46. The van der Waals surface area contributed by atoms with Gasteiger partial charge in [-0.05, 0) is 31.9 Å². The lowest BCUT2D eigenvalue weighted by molar-refractivity contribution is 0.134. The molecule has 2 aromatic rings. The second-order valence-corrected chi connectivity index (χ2v) is 4.25. The predicted octanol–water partition coefficient (Wildman–Crippen LogP) is 2.28. The minimum Gasteiger partial charge on any atom is -0.460 e. The highest BCUT2D eigenvalue weighted by Crippen LogP contribution is 2.28. The van der Waals surface area contributed by atoms with Crippen molar-refractivity contribution < 1.29 is 9.52 Å². The van der Waals surface area contributed by atoms with Gasteiger partial charge in [-0.15, -0.1) is 0 Å². The van der Waals surface area contributed by atoms with Crippen molar-refractivity contribution in [3.8, 4) is 11.5 Å². The molecule has 0 unspecified atom stereocenters. The van der Waals surface area contributed by atoms with Crippen LogP contribution < -0.4 is 0 Å². The van der Waals surface area contributed by atoms with Crippen LogP contribution in [0.25, 0.3) is 11.5 Å². The molecule has 0 bridgehead atoms. The largest absolute Gasteiger partial charge is 0.460 e. The lowest BCUT2D eigenvalue weighted by Crippen LogP contribution is -2.14. The molecule has 2 aromatic heterocycles. The topological polar surface area (TPSA) is 51.2 Å². The van der Waals surface area contributed by atoms with Gasteiger partial charge in [0.05, 0.1) is 0 Å². The molecule has 0 radical (unpaired) electrons. The number of hydrogen-bond acceptors (Lipinski definition) is 3. The molecule has 4 heteroatoms. The first-order valence-electron chi connectivity index (χ1n) is 5.56. The molecule has 16 heavy (non-hydrogen) atoms. The van der Waals surface area contributed by atoms with E-state index in [0.717, 1.165) is 42.4 Å². The summed E-state index contributed by atoms with van der Waals surface area (Å²) in [5.41, 5.74) is 0.809. The summed E-state index contributed by atoms with van der Waals surface area (Å²) in [6.45, 7) is 2.84. The van der Waals surface area contributed by atoms with Gasteiger partial charge in [0, 0.05) is 12.7 Å². The highest BCUT2D eigenvalue weighted by atomic mass is 16.3. The van der Waals surface area contributed by atoms with Gasteiger partial charge in [0.1, 0.15) is 23.4 Å². The van der Waals surface area contributed by atoms with Crippen molar-refractivity contribution >= 4 is 0 Å². The second-order valence-electron chi connectivity index (χ2n) is 4.25. The summed E-state index contributed by atoms with van der Waals surface area (Å²) >= 11 is 0. The van der Waals surface area contributed by atoms with Gasteiger partial charge >= 0.3 is 0 Å². The number of aryl methyl sites for hydroxylation is 2. The zero-order valence-electron chi connectivity index (χ0n) is 9.18. The van der Waals surface area contributed by atoms with Crippen LogP contribution in [-0.4, -0.2) is 14.7 Å². The van der Waals surface area contributed by atoms with E-state index in [1.807, 2.05) is 29.8 Å².